The molecule has 0 spiro atoms. The largest absolute Gasteiger partial charge is 0.697 e. The summed E-state index contributed by atoms with van der Waals surface area (Å²) in [6.45, 7) is 0.595. The molecule has 0 atom stereocenters. The van der Waals surface area contributed by atoms with E-state index in [1.165, 1.54) is 0 Å². The summed E-state index contributed by atoms with van der Waals surface area (Å²) in [7, 11) is -9.34. The second kappa shape index (κ2) is 6.78. The van der Waals surface area contributed by atoms with Gasteiger partial charge in [0.15, 0.2) is 0 Å². The van der Waals surface area contributed by atoms with Crippen molar-refractivity contribution < 1.29 is 73.8 Å². The Kier molecular flexibility index (Phi) is 6.55. The highest BCUT2D eigenvalue weighted by atomic mass is 28.5. The first kappa shape index (κ1) is 27.0. The van der Waals surface area contributed by atoms with Crippen LogP contribution in [-0.4, -0.2) is 50.2 Å². The number of rotatable bonds is 9. The van der Waals surface area contributed by atoms with Crippen molar-refractivity contribution in [1.29, 1.82) is 0 Å². The molecule has 170 valence electrons. The minimum atomic E-state index is -9.34. The lowest BCUT2D eigenvalue weighted by Crippen LogP contribution is -2.75. The van der Waals surface area contributed by atoms with Crippen LogP contribution >= 0.6 is 0 Å². The van der Waals surface area contributed by atoms with E-state index in [1.54, 1.807) is 0 Å². The maximum Gasteiger partial charge on any atom is 0.697 e. The molecule has 0 amide bonds. The fourth-order valence-corrected chi connectivity index (χ4v) is 2.18. The summed E-state index contributed by atoms with van der Waals surface area (Å²) in [6.07, 6.45) is -3.53. The van der Waals surface area contributed by atoms with E-state index in [9.17, 15) is 73.8 Å². The van der Waals surface area contributed by atoms with Crippen LogP contribution in [0.15, 0.2) is 0 Å². The molecule has 0 aliphatic rings. The van der Waals surface area contributed by atoms with Crippen molar-refractivity contribution in [3.05, 3.63) is 0 Å². The maximum absolute atomic E-state index is 13.2. The average Bonchev–Trinajstić information content (AvgIpc) is 2.44. The van der Waals surface area contributed by atoms with Gasteiger partial charge >= 0.3 is 50.2 Å². The molecule has 28 heavy (non-hydrogen) atoms. The van der Waals surface area contributed by atoms with E-state index in [4.69, 9.17) is 0 Å². The first-order valence-corrected chi connectivity index (χ1v) is 8.16. The Morgan fingerprint density at radius 2 is 0.786 bits per heavy atom. The van der Waals surface area contributed by atoms with Gasteiger partial charge in [-0.2, -0.15) is 61.5 Å². The number of hydrogen-bond donors (Lipinski definition) is 0. The van der Waals surface area contributed by atoms with Gasteiger partial charge in [0.25, 0.3) is 0 Å². The zero-order valence-corrected chi connectivity index (χ0v) is 13.8. The van der Waals surface area contributed by atoms with E-state index >= 15 is 0 Å². The number of alkyl halides is 14. The van der Waals surface area contributed by atoms with Gasteiger partial charge in [-0.3, -0.25) is 0 Å². The first-order valence-electron chi connectivity index (χ1n) is 6.52. The third-order valence-electron chi connectivity index (χ3n) is 3.35. The van der Waals surface area contributed by atoms with Crippen LogP contribution in [0.25, 0.3) is 0 Å². The zero-order valence-electron chi connectivity index (χ0n) is 12.8. The highest BCUT2D eigenvalue weighted by molar-refractivity contribution is 6.61. The lowest BCUT2D eigenvalue weighted by molar-refractivity contribution is -0.437. The van der Waals surface area contributed by atoms with Gasteiger partial charge in [-0.1, -0.05) is 13.3 Å². The lowest BCUT2D eigenvalue weighted by atomic mass is 9.90. The third kappa shape index (κ3) is 3.31. The van der Waals surface area contributed by atoms with Gasteiger partial charge in [0.2, 0.25) is 0 Å². The van der Waals surface area contributed by atoms with Crippen LogP contribution in [-0.2, 0) is 0 Å². The zero-order chi connectivity index (χ0) is 23.4. The molecule has 0 radical (unpaired) electrons. The molecule has 0 nitrogen and oxygen atoms in total. The minimum Gasteiger partial charge on any atom is -0.234 e. The van der Waals surface area contributed by atoms with Gasteiger partial charge in [-0.25, -0.2) is 12.3 Å². The van der Waals surface area contributed by atoms with Crippen molar-refractivity contribution in [2.75, 3.05) is 0 Å². The average molecular weight is 478 g/mol. The van der Waals surface area contributed by atoms with Crippen LogP contribution in [0.4, 0.5) is 73.8 Å². The molecule has 0 aliphatic heterocycles. The topological polar surface area (TPSA) is 0 Å². The molecular weight excluding hydrogens is 471 g/mol. The molecule has 0 aromatic carbocycles. The summed E-state index contributed by atoms with van der Waals surface area (Å²) >= 11 is 0. The van der Waals surface area contributed by atoms with E-state index in [2.05, 4.69) is 0 Å². The first-order chi connectivity index (χ1) is 11.8. The molecule has 0 saturated carbocycles. The van der Waals surface area contributed by atoms with Crippen LogP contribution in [0.2, 0.25) is 0 Å². The van der Waals surface area contributed by atoms with Crippen molar-refractivity contribution in [1.82, 2.24) is 0 Å². The van der Waals surface area contributed by atoms with Crippen LogP contribution < -0.4 is 0 Å². The van der Waals surface area contributed by atoms with Crippen molar-refractivity contribution in [3.63, 3.8) is 0 Å². The SMILES string of the molecule is CCCC(F)(F)C(F)(F)C(F)(F)C(F)(F)C(F)(F)C(F)(F)C(F)(F)[Si](F)(F)F. The lowest BCUT2D eigenvalue weighted by Gasteiger charge is -2.42. The fraction of sp³-hybridized carbons (Fsp3) is 1.00. The molecule has 18 heteroatoms. The van der Waals surface area contributed by atoms with Gasteiger partial charge in [-0.05, 0) is 0 Å². The molecule has 0 saturated heterocycles. The molecule has 0 rings (SSSR count). The smallest absolute Gasteiger partial charge is 0.234 e. The van der Waals surface area contributed by atoms with Crippen LogP contribution in [0.3, 0.4) is 0 Å². The molecule has 0 bridgehead atoms. The van der Waals surface area contributed by atoms with E-state index in [1.807, 2.05) is 0 Å². The normalized spacial score (nSPS) is 16.5. The molecule has 0 aliphatic carbocycles. The predicted octanol–water partition coefficient (Wildman–Crippen LogP) is 6.62. The standard InChI is InChI=1S/C10H7F17Si/c1-2-3-4(11,12)5(13,14)6(15,16)7(17,18)8(19,20)9(21,22)10(23,24)28(25,26)27/h2-3H2,1H3. The van der Waals surface area contributed by atoms with Crippen molar-refractivity contribution >= 4 is 9.08 Å². The Hall–Kier alpha value is -0.973. The van der Waals surface area contributed by atoms with Gasteiger partial charge in [-0.15, -0.1) is 0 Å². The van der Waals surface area contributed by atoms with Crippen molar-refractivity contribution in [3.8, 4) is 0 Å². The highest BCUT2D eigenvalue weighted by Gasteiger charge is 2.96. The van der Waals surface area contributed by atoms with E-state index < -0.39 is 63.0 Å². The molecule has 0 N–H and O–H groups in total. The maximum atomic E-state index is 13.2. The van der Waals surface area contributed by atoms with Crippen LogP contribution in [0.1, 0.15) is 19.8 Å². The Bertz CT molecular complexity index is 559. The summed E-state index contributed by atoms with van der Waals surface area (Å²) in [4.78, 5) is 0. The van der Waals surface area contributed by atoms with Crippen molar-refractivity contribution in [2.24, 2.45) is 0 Å². The molecule has 0 heterocycles. The Morgan fingerprint density at radius 1 is 0.500 bits per heavy atom. The van der Waals surface area contributed by atoms with Gasteiger partial charge < -0.3 is 0 Å². The predicted molar refractivity (Wildman–Crippen MR) is 58.6 cm³/mol. The van der Waals surface area contributed by atoms with Crippen LogP contribution in [0.5, 0.6) is 0 Å². The fourth-order valence-electron chi connectivity index (χ4n) is 1.67. The van der Waals surface area contributed by atoms with Gasteiger partial charge in [0.05, 0.1) is 0 Å². The van der Waals surface area contributed by atoms with Crippen molar-refractivity contribution in [2.45, 2.75) is 60.8 Å². The number of hydrogen-bond acceptors (Lipinski definition) is 0. The molecule has 0 fully saturated rings. The second-order valence-corrected chi connectivity index (χ2v) is 7.02. The molecule has 0 aromatic rings. The summed E-state index contributed by atoms with van der Waals surface area (Å²) in [5.74, 6) is -47.3. The van der Waals surface area contributed by atoms with Gasteiger partial charge in [0.1, 0.15) is 0 Å². The summed E-state index contributed by atoms with van der Waals surface area (Å²) in [5, 5.41) is 0. The third-order valence-corrected chi connectivity index (χ3v) is 4.38. The molecule has 0 unspecified atom stereocenters. The van der Waals surface area contributed by atoms with Gasteiger partial charge in [0, 0.05) is 6.42 Å². The summed E-state index contributed by atoms with van der Waals surface area (Å²) in [5.41, 5.74) is -8.00. The van der Waals surface area contributed by atoms with E-state index in [0.29, 0.717) is 6.92 Å². The van der Waals surface area contributed by atoms with Crippen LogP contribution in [0, 0.1) is 0 Å². The second-order valence-electron chi connectivity index (χ2n) is 5.40. The van der Waals surface area contributed by atoms with E-state index in [-0.39, 0.29) is 0 Å². The van der Waals surface area contributed by atoms with E-state index in [0.717, 1.165) is 0 Å². The molecular formula is C10H7F17Si. The Morgan fingerprint density at radius 3 is 1.07 bits per heavy atom. The Balaban J connectivity index is 6.63. The highest BCUT2D eigenvalue weighted by Crippen LogP contribution is 2.63. The minimum absolute atomic E-state index is 0.595. The quantitative estimate of drug-likeness (QED) is 0.199. The summed E-state index contributed by atoms with van der Waals surface area (Å²) < 4.78 is 218. The Labute approximate surface area is 145 Å². The summed E-state index contributed by atoms with van der Waals surface area (Å²) in [6, 6.07) is 0. The number of halogens is 17. The molecule has 0 aromatic heterocycles. The monoisotopic (exact) mass is 478 g/mol.